The quantitative estimate of drug-likeness (QED) is 0.868. The van der Waals surface area contributed by atoms with Crippen molar-refractivity contribution in [3.8, 4) is 0 Å². The lowest BCUT2D eigenvalue weighted by Gasteiger charge is -2.19. The predicted molar refractivity (Wildman–Crippen MR) is 85.9 cm³/mol. The number of carbonyl (C=O) groups excluding carboxylic acids is 2. The molecule has 2 amide bonds. The Balaban J connectivity index is 2.05. The van der Waals surface area contributed by atoms with Gasteiger partial charge in [-0.1, -0.05) is 13.8 Å². The van der Waals surface area contributed by atoms with Crippen LogP contribution in [0.4, 0.5) is 5.69 Å². The number of amides is 2. The summed E-state index contributed by atoms with van der Waals surface area (Å²) in [7, 11) is 0. The number of nitrogens with one attached hydrogen (secondary N) is 1. The van der Waals surface area contributed by atoms with Crippen LogP contribution >= 0.6 is 0 Å². The maximum absolute atomic E-state index is 12.2. The van der Waals surface area contributed by atoms with Crippen molar-refractivity contribution >= 4 is 17.5 Å². The largest absolute Gasteiger partial charge is 0.396 e. The molecule has 0 aromatic heterocycles. The molecule has 1 aliphatic heterocycles. The van der Waals surface area contributed by atoms with E-state index in [4.69, 9.17) is 0 Å². The van der Waals surface area contributed by atoms with E-state index in [0.717, 1.165) is 17.7 Å². The summed E-state index contributed by atoms with van der Waals surface area (Å²) in [6.45, 7) is 6.81. The molecule has 0 unspecified atom stereocenters. The molecule has 1 heterocycles. The summed E-state index contributed by atoms with van der Waals surface area (Å²) in [5, 5.41) is 12.2. The van der Waals surface area contributed by atoms with Gasteiger partial charge in [-0.05, 0) is 36.1 Å². The van der Waals surface area contributed by atoms with Crippen molar-refractivity contribution in [1.29, 1.82) is 0 Å². The monoisotopic (exact) mass is 304 g/mol. The first kappa shape index (κ1) is 16.5. The van der Waals surface area contributed by atoms with Crippen molar-refractivity contribution in [1.82, 2.24) is 5.32 Å². The maximum atomic E-state index is 12.2. The van der Waals surface area contributed by atoms with E-state index in [0.29, 0.717) is 24.6 Å². The van der Waals surface area contributed by atoms with Gasteiger partial charge in [0.1, 0.15) is 0 Å². The Labute approximate surface area is 131 Å². The maximum Gasteiger partial charge on any atom is 0.251 e. The van der Waals surface area contributed by atoms with E-state index in [1.54, 1.807) is 17.9 Å². The van der Waals surface area contributed by atoms with Crippen LogP contribution < -0.4 is 10.2 Å². The van der Waals surface area contributed by atoms with Crippen LogP contribution in [0.1, 0.15) is 36.7 Å². The van der Waals surface area contributed by atoms with E-state index in [1.165, 1.54) is 0 Å². The molecule has 1 aromatic rings. The van der Waals surface area contributed by atoms with Crippen LogP contribution in [0.3, 0.4) is 0 Å². The lowest BCUT2D eigenvalue weighted by atomic mass is 9.96. The molecule has 120 valence electrons. The molecule has 0 saturated carbocycles. The van der Waals surface area contributed by atoms with Crippen molar-refractivity contribution < 1.29 is 14.7 Å². The molecule has 0 bridgehead atoms. The first-order valence-electron chi connectivity index (χ1n) is 7.74. The van der Waals surface area contributed by atoms with Crippen LogP contribution in [0.2, 0.25) is 0 Å². The smallest absolute Gasteiger partial charge is 0.251 e. The first-order valence-corrected chi connectivity index (χ1v) is 7.74. The number of hydrogen-bond donors (Lipinski definition) is 2. The molecule has 22 heavy (non-hydrogen) atoms. The summed E-state index contributed by atoms with van der Waals surface area (Å²) in [5.74, 6) is 0.267. The van der Waals surface area contributed by atoms with Crippen LogP contribution in [-0.2, 0) is 11.2 Å². The van der Waals surface area contributed by atoms with Gasteiger partial charge in [0.2, 0.25) is 5.91 Å². The van der Waals surface area contributed by atoms with Gasteiger partial charge in [-0.3, -0.25) is 9.59 Å². The number of anilines is 1. The predicted octanol–water partition coefficient (Wildman–Crippen LogP) is 1.59. The Morgan fingerprint density at radius 2 is 2.09 bits per heavy atom. The minimum absolute atomic E-state index is 0.0265. The van der Waals surface area contributed by atoms with Gasteiger partial charge in [-0.2, -0.15) is 0 Å². The highest BCUT2D eigenvalue weighted by molar-refractivity contribution is 5.97. The molecule has 1 atom stereocenters. The number of nitrogens with zero attached hydrogens (tertiary/aromatic N) is 1. The van der Waals surface area contributed by atoms with Crippen molar-refractivity contribution in [2.45, 2.75) is 27.2 Å². The summed E-state index contributed by atoms with van der Waals surface area (Å²) in [6, 6.07) is 5.44. The van der Waals surface area contributed by atoms with Crippen molar-refractivity contribution in [2.75, 3.05) is 24.6 Å². The first-order chi connectivity index (χ1) is 10.4. The Morgan fingerprint density at radius 3 is 2.68 bits per heavy atom. The number of aliphatic hydroxyl groups excluding tert-OH is 1. The molecule has 0 radical (unpaired) electrons. The fourth-order valence-corrected chi connectivity index (χ4v) is 2.71. The molecule has 0 spiro atoms. The zero-order chi connectivity index (χ0) is 16.3. The van der Waals surface area contributed by atoms with Crippen molar-refractivity contribution in [3.05, 3.63) is 29.3 Å². The number of rotatable bonds is 5. The van der Waals surface area contributed by atoms with Gasteiger partial charge in [-0.25, -0.2) is 0 Å². The molecule has 0 aliphatic carbocycles. The summed E-state index contributed by atoms with van der Waals surface area (Å²) >= 11 is 0. The lowest BCUT2D eigenvalue weighted by molar-refractivity contribution is -0.116. The van der Waals surface area contributed by atoms with Crippen LogP contribution in [0.15, 0.2) is 18.2 Å². The lowest BCUT2D eigenvalue weighted by Crippen LogP contribution is -2.33. The van der Waals surface area contributed by atoms with Crippen molar-refractivity contribution in [3.63, 3.8) is 0 Å². The Morgan fingerprint density at radius 1 is 1.36 bits per heavy atom. The van der Waals surface area contributed by atoms with Gasteiger partial charge >= 0.3 is 0 Å². The zero-order valence-electron chi connectivity index (χ0n) is 13.4. The molecule has 2 N–H and O–H groups in total. The third-order valence-corrected chi connectivity index (χ3v) is 4.32. The molecular weight excluding hydrogens is 280 g/mol. The molecule has 1 aromatic carbocycles. The molecule has 0 saturated heterocycles. The normalized spacial score (nSPS) is 14.9. The highest BCUT2D eigenvalue weighted by Gasteiger charge is 2.23. The van der Waals surface area contributed by atoms with Crippen LogP contribution in [0.25, 0.3) is 0 Å². The second-order valence-corrected chi connectivity index (χ2v) is 6.16. The number of fused-ring (bicyclic) bond motifs is 1. The van der Waals surface area contributed by atoms with Crippen molar-refractivity contribution in [2.24, 2.45) is 11.8 Å². The van der Waals surface area contributed by atoms with Gasteiger partial charge in [0.25, 0.3) is 5.91 Å². The van der Waals surface area contributed by atoms with Gasteiger partial charge in [0, 0.05) is 43.8 Å². The molecule has 0 fully saturated rings. The van der Waals surface area contributed by atoms with Crippen LogP contribution in [0.5, 0.6) is 0 Å². The fourth-order valence-electron chi connectivity index (χ4n) is 2.71. The minimum Gasteiger partial charge on any atom is -0.396 e. The Bertz CT molecular complexity index is 569. The highest BCUT2D eigenvalue weighted by atomic mass is 16.3. The highest BCUT2D eigenvalue weighted by Crippen LogP contribution is 2.28. The summed E-state index contributed by atoms with van der Waals surface area (Å²) in [5.41, 5.74) is 2.54. The molecule has 5 heteroatoms. The van der Waals surface area contributed by atoms with Gasteiger partial charge in [0.15, 0.2) is 0 Å². The third-order valence-electron chi connectivity index (χ3n) is 4.32. The Kier molecular flexibility index (Phi) is 5.19. The van der Waals surface area contributed by atoms with Gasteiger partial charge in [-0.15, -0.1) is 0 Å². The molecule has 1 aliphatic rings. The summed E-state index contributed by atoms with van der Waals surface area (Å²) in [6.07, 6.45) is 0.779. The zero-order valence-corrected chi connectivity index (χ0v) is 13.4. The van der Waals surface area contributed by atoms with Gasteiger partial charge in [0.05, 0.1) is 0 Å². The standard InChI is InChI=1S/C17H24N2O3/c1-11(2)15(10-20)9-18-17(22)14-4-5-16-13(8-14)6-7-19(16)12(3)21/h4-5,8,11,15,20H,6-7,9-10H2,1-3H3,(H,18,22)/t15-/m0/s1. The van der Waals surface area contributed by atoms with E-state index in [1.807, 2.05) is 26.0 Å². The third kappa shape index (κ3) is 3.47. The van der Waals surface area contributed by atoms with E-state index >= 15 is 0 Å². The molecule has 2 rings (SSSR count). The fraction of sp³-hybridized carbons (Fsp3) is 0.529. The summed E-state index contributed by atoms with van der Waals surface area (Å²) < 4.78 is 0. The second-order valence-electron chi connectivity index (χ2n) is 6.16. The average Bonchev–Trinajstić information content (AvgIpc) is 2.90. The van der Waals surface area contributed by atoms with Crippen LogP contribution in [-0.4, -0.2) is 36.6 Å². The Hall–Kier alpha value is -1.88. The van der Waals surface area contributed by atoms with E-state index in [9.17, 15) is 14.7 Å². The topological polar surface area (TPSA) is 69.6 Å². The minimum atomic E-state index is -0.136. The second kappa shape index (κ2) is 6.92. The van der Waals surface area contributed by atoms with Crippen LogP contribution in [0, 0.1) is 11.8 Å². The number of hydrogen-bond acceptors (Lipinski definition) is 3. The summed E-state index contributed by atoms with van der Waals surface area (Å²) in [4.78, 5) is 25.5. The van der Waals surface area contributed by atoms with E-state index < -0.39 is 0 Å². The van der Waals surface area contributed by atoms with Gasteiger partial charge < -0.3 is 15.3 Å². The number of benzene rings is 1. The average molecular weight is 304 g/mol. The molecule has 5 nitrogen and oxygen atoms in total. The SMILES string of the molecule is CC(=O)N1CCc2cc(C(=O)NC[C@@H](CO)C(C)C)ccc21. The number of aliphatic hydroxyl groups is 1. The number of carbonyl (C=O) groups is 2. The van der Waals surface area contributed by atoms with E-state index in [2.05, 4.69) is 5.32 Å². The van der Waals surface area contributed by atoms with E-state index in [-0.39, 0.29) is 24.3 Å². The molecular formula is C17H24N2O3.